The minimum atomic E-state index is -0.816. The molecule has 0 aliphatic heterocycles. The van der Waals surface area contributed by atoms with Gasteiger partial charge < -0.3 is 10.2 Å². The lowest BCUT2D eigenvalue weighted by Gasteiger charge is -2.07. The minimum Gasteiger partial charge on any atom is -0.508 e. The molecule has 1 atom stereocenters. The first-order valence-electron chi connectivity index (χ1n) is 4.71. The van der Waals surface area contributed by atoms with Crippen molar-refractivity contribution in [3.63, 3.8) is 0 Å². The summed E-state index contributed by atoms with van der Waals surface area (Å²) in [5.41, 5.74) is 0.729. The van der Waals surface area contributed by atoms with Crippen LogP contribution in [0.3, 0.4) is 0 Å². The van der Waals surface area contributed by atoms with Crippen LogP contribution in [0.5, 0.6) is 5.75 Å². The molecule has 3 nitrogen and oxygen atoms in total. The molecule has 0 aliphatic carbocycles. The van der Waals surface area contributed by atoms with Gasteiger partial charge in [-0.25, -0.2) is 0 Å². The van der Waals surface area contributed by atoms with Gasteiger partial charge in [0.1, 0.15) is 5.75 Å². The van der Waals surface area contributed by atoms with Crippen molar-refractivity contribution in [3.8, 4) is 5.75 Å². The molecule has 0 fully saturated rings. The zero-order chi connectivity index (χ0) is 11.4. The zero-order valence-corrected chi connectivity index (χ0v) is 9.16. The van der Waals surface area contributed by atoms with E-state index in [0.717, 1.165) is 5.56 Å². The van der Waals surface area contributed by atoms with Crippen molar-refractivity contribution in [2.24, 2.45) is 5.92 Å². The Morgan fingerprint density at radius 1 is 1.53 bits per heavy atom. The van der Waals surface area contributed by atoms with Gasteiger partial charge in [-0.3, -0.25) is 4.79 Å². The molecule has 4 heteroatoms. The van der Waals surface area contributed by atoms with Gasteiger partial charge in [-0.1, -0.05) is 24.6 Å². The number of phenolic OH excluding ortho intramolecular Hbond substituents is 1. The maximum atomic E-state index is 10.6. The Labute approximate surface area is 93.3 Å². The fraction of sp³-hybridized carbons (Fsp3) is 0.364. The number of rotatable bonds is 4. The van der Waals surface area contributed by atoms with Gasteiger partial charge in [0.15, 0.2) is 0 Å². The molecule has 2 N–H and O–H groups in total. The zero-order valence-electron chi connectivity index (χ0n) is 8.40. The molecule has 0 saturated carbocycles. The molecule has 0 amide bonds. The summed E-state index contributed by atoms with van der Waals surface area (Å²) < 4.78 is 0. The second-order valence-corrected chi connectivity index (χ2v) is 3.99. The van der Waals surface area contributed by atoms with Crippen LogP contribution in [0.25, 0.3) is 0 Å². The highest BCUT2D eigenvalue weighted by Crippen LogP contribution is 2.24. The molecule has 82 valence electrons. The lowest BCUT2D eigenvalue weighted by atomic mass is 10.0. The number of aliphatic carboxylic acids is 1. The second kappa shape index (κ2) is 5.03. The van der Waals surface area contributed by atoms with Crippen LogP contribution >= 0.6 is 11.6 Å². The Hall–Kier alpha value is -1.22. The molecule has 0 aromatic heterocycles. The quantitative estimate of drug-likeness (QED) is 0.833. The van der Waals surface area contributed by atoms with Crippen molar-refractivity contribution in [2.45, 2.75) is 19.8 Å². The van der Waals surface area contributed by atoms with Crippen LogP contribution in [0.2, 0.25) is 5.02 Å². The fourth-order valence-corrected chi connectivity index (χ4v) is 1.41. The number of benzene rings is 1. The van der Waals surface area contributed by atoms with E-state index in [9.17, 15) is 9.90 Å². The Balaban J connectivity index is 2.62. The van der Waals surface area contributed by atoms with E-state index >= 15 is 0 Å². The van der Waals surface area contributed by atoms with Gasteiger partial charge in [0, 0.05) is 5.02 Å². The Kier molecular flexibility index (Phi) is 3.97. The highest BCUT2D eigenvalue weighted by Gasteiger charge is 2.11. The number of aromatic hydroxyl groups is 1. The number of hydrogen-bond acceptors (Lipinski definition) is 2. The lowest BCUT2D eigenvalue weighted by Crippen LogP contribution is -2.10. The maximum absolute atomic E-state index is 10.6. The first-order chi connectivity index (χ1) is 7.00. The van der Waals surface area contributed by atoms with E-state index < -0.39 is 11.9 Å². The van der Waals surface area contributed by atoms with E-state index in [0.29, 0.717) is 17.9 Å². The summed E-state index contributed by atoms with van der Waals surface area (Å²) in [4.78, 5) is 10.6. The highest BCUT2D eigenvalue weighted by molar-refractivity contribution is 6.30. The molecule has 0 bridgehead atoms. The molecule has 15 heavy (non-hydrogen) atoms. The minimum absolute atomic E-state index is 0.125. The third kappa shape index (κ3) is 3.44. The predicted octanol–water partition coefficient (Wildman–Crippen LogP) is 2.70. The molecule has 1 rings (SSSR count). The van der Waals surface area contributed by atoms with Gasteiger partial charge in [-0.05, 0) is 30.5 Å². The standard InChI is InChI=1S/C11H13ClO3/c1-7(11(14)15)2-3-8-4-5-9(12)6-10(8)13/h4-7,13H,2-3H2,1H3,(H,14,15). The van der Waals surface area contributed by atoms with E-state index in [1.54, 1.807) is 19.1 Å². The highest BCUT2D eigenvalue weighted by atomic mass is 35.5. The summed E-state index contributed by atoms with van der Waals surface area (Å²) in [6.45, 7) is 1.65. The third-order valence-corrected chi connectivity index (χ3v) is 2.55. The van der Waals surface area contributed by atoms with E-state index in [2.05, 4.69) is 0 Å². The van der Waals surface area contributed by atoms with Crippen LogP contribution in [0, 0.1) is 5.92 Å². The van der Waals surface area contributed by atoms with E-state index in [1.807, 2.05) is 0 Å². The van der Waals surface area contributed by atoms with Crippen LogP contribution in [0.15, 0.2) is 18.2 Å². The van der Waals surface area contributed by atoms with Gasteiger partial charge >= 0.3 is 5.97 Å². The third-order valence-electron chi connectivity index (χ3n) is 2.32. The van der Waals surface area contributed by atoms with Gasteiger partial charge in [0.05, 0.1) is 5.92 Å². The van der Waals surface area contributed by atoms with Crippen molar-refractivity contribution in [1.29, 1.82) is 0 Å². The molecule has 0 spiro atoms. The monoisotopic (exact) mass is 228 g/mol. The summed E-state index contributed by atoms with van der Waals surface area (Å²) in [5.74, 6) is -1.09. The lowest BCUT2D eigenvalue weighted by molar-refractivity contribution is -0.141. The first kappa shape index (κ1) is 11.9. The average molecular weight is 229 g/mol. The number of aryl methyl sites for hydroxylation is 1. The van der Waals surface area contributed by atoms with Crippen LogP contribution in [0.1, 0.15) is 18.9 Å². The van der Waals surface area contributed by atoms with Crippen LogP contribution in [-0.2, 0) is 11.2 Å². The van der Waals surface area contributed by atoms with Crippen molar-refractivity contribution in [1.82, 2.24) is 0 Å². The van der Waals surface area contributed by atoms with E-state index in [-0.39, 0.29) is 5.75 Å². The number of phenols is 1. The van der Waals surface area contributed by atoms with Crippen LogP contribution < -0.4 is 0 Å². The molecular formula is C11H13ClO3. The van der Waals surface area contributed by atoms with Crippen molar-refractivity contribution >= 4 is 17.6 Å². The van der Waals surface area contributed by atoms with Crippen LogP contribution in [0.4, 0.5) is 0 Å². The Morgan fingerprint density at radius 2 is 2.20 bits per heavy atom. The topological polar surface area (TPSA) is 57.5 Å². The van der Waals surface area contributed by atoms with Crippen LogP contribution in [-0.4, -0.2) is 16.2 Å². The summed E-state index contributed by atoms with van der Waals surface area (Å²) in [6, 6.07) is 4.86. The van der Waals surface area contributed by atoms with E-state index in [4.69, 9.17) is 16.7 Å². The summed E-state index contributed by atoms with van der Waals surface area (Å²) in [7, 11) is 0. The summed E-state index contributed by atoms with van der Waals surface area (Å²) in [5, 5.41) is 18.7. The van der Waals surface area contributed by atoms with Gasteiger partial charge in [-0.2, -0.15) is 0 Å². The predicted molar refractivity (Wildman–Crippen MR) is 58.2 cm³/mol. The van der Waals surface area contributed by atoms with Crippen molar-refractivity contribution in [3.05, 3.63) is 28.8 Å². The molecular weight excluding hydrogens is 216 g/mol. The van der Waals surface area contributed by atoms with Gasteiger partial charge in [0.2, 0.25) is 0 Å². The molecule has 0 aliphatic rings. The van der Waals surface area contributed by atoms with E-state index in [1.165, 1.54) is 6.07 Å². The SMILES string of the molecule is CC(CCc1ccc(Cl)cc1O)C(=O)O. The first-order valence-corrected chi connectivity index (χ1v) is 5.08. The number of carboxylic acids is 1. The largest absolute Gasteiger partial charge is 0.508 e. The number of carbonyl (C=O) groups is 1. The Morgan fingerprint density at radius 3 is 2.73 bits per heavy atom. The van der Waals surface area contributed by atoms with Crippen molar-refractivity contribution in [2.75, 3.05) is 0 Å². The van der Waals surface area contributed by atoms with Gasteiger partial charge in [0.25, 0.3) is 0 Å². The maximum Gasteiger partial charge on any atom is 0.306 e. The van der Waals surface area contributed by atoms with Crippen molar-refractivity contribution < 1.29 is 15.0 Å². The molecule has 1 aromatic rings. The summed E-state index contributed by atoms with van der Waals surface area (Å²) in [6.07, 6.45) is 1.04. The normalized spacial score (nSPS) is 12.4. The molecule has 0 heterocycles. The molecule has 1 unspecified atom stereocenters. The fourth-order valence-electron chi connectivity index (χ4n) is 1.24. The Bertz CT molecular complexity index is 363. The van der Waals surface area contributed by atoms with Gasteiger partial charge in [-0.15, -0.1) is 0 Å². The smallest absolute Gasteiger partial charge is 0.306 e. The molecule has 0 radical (unpaired) electrons. The second-order valence-electron chi connectivity index (χ2n) is 3.55. The number of halogens is 1. The number of carboxylic acid groups (broad SMARTS) is 1. The average Bonchev–Trinajstić information content (AvgIpc) is 2.15. The molecule has 0 saturated heterocycles. The summed E-state index contributed by atoms with van der Waals surface area (Å²) >= 11 is 5.68. The molecule has 1 aromatic carbocycles. The number of hydrogen-bond donors (Lipinski definition) is 2.